The standard InChI is InChI=1S/C19H20FNO2S/c20-15-9-7-14(8-10-15)12-21-19(22)17-5-1-2-6-18(17)24-13-16-4-3-11-23-16/h1-2,5-10,16H,3-4,11-13H2,(H,21,22)/t16-/m0/s1. The van der Waals surface area contributed by atoms with Crippen LogP contribution in [0.4, 0.5) is 4.39 Å². The number of nitrogens with one attached hydrogen (secondary N) is 1. The van der Waals surface area contributed by atoms with E-state index in [1.165, 1.54) is 12.1 Å². The second kappa shape index (κ2) is 8.31. The maximum Gasteiger partial charge on any atom is 0.252 e. The zero-order valence-electron chi connectivity index (χ0n) is 13.3. The van der Waals surface area contributed by atoms with Gasteiger partial charge in [-0.2, -0.15) is 0 Å². The van der Waals surface area contributed by atoms with Gasteiger partial charge in [-0.1, -0.05) is 24.3 Å². The number of amides is 1. The zero-order chi connectivity index (χ0) is 16.8. The van der Waals surface area contributed by atoms with Crippen LogP contribution in [0.1, 0.15) is 28.8 Å². The molecule has 0 saturated carbocycles. The summed E-state index contributed by atoms with van der Waals surface area (Å²) in [6, 6.07) is 13.7. The van der Waals surface area contributed by atoms with E-state index in [0.29, 0.717) is 12.1 Å². The Labute approximate surface area is 145 Å². The van der Waals surface area contributed by atoms with Gasteiger partial charge in [0.2, 0.25) is 0 Å². The molecule has 1 amide bonds. The van der Waals surface area contributed by atoms with Crippen LogP contribution in [0.25, 0.3) is 0 Å². The van der Waals surface area contributed by atoms with Crippen molar-refractivity contribution in [2.24, 2.45) is 0 Å². The molecule has 24 heavy (non-hydrogen) atoms. The molecule has 1 aliphatic heterocycles. The van der Waals surface area contributed by atoms with E-state index >= 15 is 0 Å². The number of carbonyl (C=O) groups excluding carboxylic acids is 1. The summed E-state index contributed by atoms with van der Waals surface area (Å²) in [5.74, 6) is 0.470. The van der Waals surface area contributed by atoms with Crippen LogP contribution in [0, 0.1) is 5.82 Å². The molecular weight excluding hydrogens is 325 g/mol. The Hall–Kier alpha value is -1.85. The number of hydrogen-bond donors (Lipinski definition) is 1. The third kappa shape index (κ3) is 4.58. The summed E-state index contributed by atoms with van der Waals surface area (Å²) in [6.07, 6.45) is 2.49. The van der Waals surface area contributed by atoms with Gasteiger partial charge in [-0.3, -0.25) is 4.79 Å². The van der Waals surface area contributed by atoms with E-state index in [2.05, 4.69) is 5.32 Å². The van der Waals surface area contributed by atoms with Crippen molar-refractivity contribution in [1.29, 1.82) is 0 Å². The third-order valence-electron chi connectivity index (χ3n) is 3.95. The monoisotopic (exact) mass is 345 g/mol. The summed E-state index contributed by atoms with van der Waals surface area (Å²) in [7, 11) is 0. The van der Waals surface area contributed by atoms with Gasteiger partial charge in [0, 0.05) is 23.8 Å². The van der Waals surface area contributed by atoms with E-state index in [1.54, 1.807) is 23.9 Å². The number of hydrogen-bond acceptors (Lipinski definition) is 3. The Morgan fingerprint density at radius 3 is 2.75 bits per heavy atom. The first-order valence-corrected chi connectivity index (χ1v) is 9.07. The van der Waals surface area contributed by atoms with Gasteiger partial charge in [-0.05, 0) is 42.7 Å². The second-order valence-electron chi connectivity index (χ2n) is 5.75. The highest BCUT2D eigenvalue weighted by molar-refractivity contribution is 7.99. The molecule has 0 spiro atoms. The third-order valence-corrected chi connectivity index (χ3v) is 5.15. The van der Waals surface area contributed by atoms with Gasteiger partial charge in [0.1, 0.15) is 5.82 Å². The molecule has 1 aliphatic rings. The van der Waals surface area contributed by atoms with Gasteiger partial charge >= 0.3 is 0 Å². The van der Waals surface area contributed by atoms with E-state index in [1.807, 2.05) is 24.3 Å². The predicted molar refractivity (Wildman–Crippen MR) is 93.7 cm³/mol. The molecule has 0 bridgehead atoms. The molecule has 1 atom stereocenters. The number of ether oxygens (including phenoxy) is 1. The molecule has 0 unspecified atom stereocenters. The molecule has 2 aromatic rings. The van der Waals surface area contributed by atoms with Crippen molar-refractivity contribution in [1.82, 2.24) is 5.32 Å². The Bertz CT molecular complexity index is 684. The zero-order valence-corrected chi connectivity index (χ0v) is 14.2. The van der Waals surface area contributed by atoms with Gasteiger partial charge in [0.05, 0.1) is 11.7 Å². The van der Waals surface area contributed by atoms with E-state index in [9.17, 15) is 9.18 Å². The molecule has 1 heterocycles. The molecule has 0 radical (unpaired) electrons. The average molecular weight is 345 g/mol. The molecule has 0 aliphatic carbocycles. The van der Waals surface area contributed by atoms with Crippen molar-refractivity contribution in [3.63, 3.8) is 0 Å². The second-order valence-corrected chi connectivity index (χ2v) is 6.81. The van der Waals surface area contributed by atoms with Crippen LogP contribution in [-0.2, 0) is 11.3 Å². The number of rotatable bonds is 6. The van der Waals surface area contributed by atoms with E-state index < -0.39 is 0 Å². The van der Waals surface area contributed by atoms with Crippen LogP contribution in [0.15, 0.2) is 53.4 Å². The largest absolute Gasteiger partial charge is 0.377 e. The molecule has 2 aromatic carbocycles. The maximum absolute atomic E-state index is 12.9. The fourth-order valence-corrected chi connectivity index (χ4v) is 3.74. The minimum absolute atomic E-state index is 0.116. The Morgan fingerprint density at radius 2 is 2.00 bits per heavy atom. The van der Waals surface area contributed by atoms with Crippen molar-refractivity contribution in [2.45, 2.75) is 30.4 Å². The highest BCUT2D eigenvalue weighted by Crippen LogP contribution is 2.26. The predicted octanol–water partition coefficient (Wildman–Crippen LogP) is 4.03. The first-order chi connectivity index (χ1) is 11.7. The minimum Gasteiger partial charge on any atom is -0.377 e. The number of halogens is 1. The Kier molecular flexibility index (Phi) is 5.88. The summed E-state index contributed by atoms with van der Waals surface area (Å²) in [6.45, 7) is 1.22. The normalized spacial score (nSPS) is 17.0. The van der Waals surface area contributed by atoms with Crippen molar-refractivity contribution < 1.29 is 13.9 Å². The van der Waals surface area contributed by atoms with Crippen molar-refractivity contribution in [3.05, 3.63) is 65.5 Å². The number of benzene rings is 2. The average Bonchev–Trinajstić information content (AvgIpc) is 3.13. The van der Waals surface area contributed by atoms with Gasteiger partial charge < -0.3 is 10.1 Å². The van der Waals surface area contributed by atoms with Crippen molar-refractivity contribution in [2.75, 3.05) is 12.4 Å². The summed E-state index contributed by atoms with van der Waals surface area (Å²) >= 11 is 1.66. The van der Waals surface area contributed by atoms with Gasteiger partial charge in [-0.25, -0.2) is 4.39 Å². The molecule has 1 N–H and O–H groups in total. The summed E-state index contributed by atoms with van der Waals surface area (Å²) in [5.41, 5.74) is 1.54. The van der Waals surface area contributed by atoms with Crippen LogP contribution >= 0.6 is 11.8 Å². The minimum atomic E-state index is -0.277. The lowest BCUT2D eigenvalue weighted by molar-refractivity contribution is 0.0948. The van der Waals surface area contributed by atoms with Crippen molar-refractivity contribution in [3.8, 4) is 0 Å². The fraction of sp³-hybridized carbons (Fsp3) is 0.316. The summed E-state index contributed by atoms with van der Waals surface area (Å²) in [4.78, 5) is 13.4. The molecule has 1 saturated heterocycles. The quantitative estimate of drug-likeness (QED) is 0.804. The lowest BCUT2D eigenvalue weighted by atomic mass is 10.2. The van der Waals surface area contributed by atoms with E-state index in [-0.39, 0.29) is 17.8 Å². The van der Waals surface area contributed by atoms with E-state index in [4.69, 9.17) is 4.74 Å². The molecule has 126 valence electrons. The lowest BCUT2D eigenvalue weighted by Gasteiger charge is -2.12. The molecule has 0 aromatic heterocycles. The van der Waals surface area contributed by atoms with Crippen LogP contribution in [0.5, 0.6) is 0 Å². The van der Waals surface area contributed by atoms with Crippen LogP contribution in [0.2, 0.25) is 0 Å². The number of thioether (sulfide) groups is 1. The maximum atomic E-state index is 12.9. The smallest absolute Gasteiger partial charge is 0.252 e. The van der Waals surface area contributed by atoms with Gasteiger partial charge in [0.15, 0.2) is 0 Å². The molecule has 1 fully saturated rings. The molecule has 3 nitrogen and oxygen atoms in total. The first kappa shape index (κ1) is 17.0. The molecular formula is C19H20FNO2S. The highest BCUT2D eigenvalue weighted by Gasteiger charge is 2.17. The fourth-order valence-electron chi connectivity index (χ4n) is 2.62. The Morgan fingerprint density at radius 1 is 1.21 bits per heavy atom. The van der Waals surface area contributed by atoms with Crippen molar-refractivity contribution >= 4 is 17.7 Å². The molecule has 5 heteroatoms. The van der Waals surface area contributed by atoms with Gasteiger partial charge in [-0.15, -0.1) is 11.8 Å². The topological polar surface area (TPSA) is 38.3 Å². The number of carbonyl (C=O) groups is 1. The molecule has 3 rings (SSSR count). The first-order valence-electron chi connectivity index (χ1n) is 8.08. The van der Waals surface area contributed by atoms with Crippen LogP contribution < -0.4 is 5.32 Å². The van der Waals surface area contributed by atoms with Crippen LogP contribution in [-0.4, -0.2) is 24.4 Å². The Balaban J connectivity index is 1.60. The summed E-state index contributed by atoms with van der Waals surface area (Å²) < 4.78 is 18.6. The SMILES string of the molecule is O=C(NCc1ccc(F)cc1)c1ccccc1SC[C@@H]1CCCO1. The lowest BCUT2D eigenvalue weighted by Crippen LogP contribution is -2.23. The highest BCUT2D eigenvalue weighted by atomic mass is 32.2. The summed E-state index contributed by atoms with van der Waals surface area (Å²) in [5, 5.41) is 2.90. The van der Waals surface area contributed by atoms with Gasteiger partial charge in [0.25, 0.3) is 5.91 Å². The van der Waals surface area contributed by atoms with E-state index in [0.717, 1.165) is 35.7 Å². The van der Waals surface area contributed by atoms with Crippen LogP contribution in [0.3, 0.4) is 0 Å².